The van der Waals surface area contributed by atoms with E-state index < -0.39 is 0 Å². The Labute approximate surface area is 119 Å². The predicted molar refractivity (Wildman–Crippen MR) is 78.3 cm³/mol. The molecular weight excluding hydrogens is 254 g/mol. The molecule has 0 bridgehead atoms. The van der Waals surface area contributed by atoms with Crippen molar-refractivity contribution in [1.82, 2.24) is 10.6 Å². The molecule has 2 amide bonds. The second-order valence-electron chi connectivity index (χ2n) is 5.01. The number of hydrogen-bond donors (Lipinski definition) is 3. The molecule has 5 nitrogen and oxygen atoms in total. The molecule has 0 saturated heterocycles. The van der Waals surface area contributed by atoms with Gasteiger partial charge in [-0.3, -0.25) is 9.59 Å². The summed E-state index contributed by atoms with van der Waals surface area (Å²) in [5, 5.41) is 8.76. The van der Waals surface area contributed by atoms with E-state index >= 15 is 0 Å². The number of rotatable bonds is 8. The van der Waals surface area contributed by atoms with Crippen LogP contribution in [0.5, 0.6) is 0 Å². The topological polar surface area (TPSA) is 70.2 Å². The number of nitrogens with one attached hydrogen (secondary N) is 3. The Morgan fingerprint density at radius 1 is 1.10 bits per heavy atom. The van der Waals surface area contributed by atoms with Gasteiger partial charge in [-0.15, -0.1) is 0 Å². The number of amides is 2. The number of hydrogen-bond acceptors (Lipinski definition) is 3. The normalized spacial score (nSPS) is 13.6. The largest absolute Gasteiger partial charge is 0.376 e. The summed E-state index contributed by atoms with van der Waals surface area (Å²) in [6.45, 7) is 0.783. The highest BCUT2D eigenvalue weighted by Crippen LogP contribution is 2.18. The van der Waals surface area contributed by atoms with Crippen LogP contribution in [0.3, 0.4) is 0 Å². The molecule has 0 aliphatic heterocycles. The lowest BCUT2D eigenvalue weighted by Crippen LogP contribution is -2.32. The molecule has 108 valence electrons. The molecule has 1 aliphatic carbocycles. The van der Waals surface area contributed by atoms with Crippen LogP contribution < -0.4 is 16.0 Å². The van der Waals surface area contributed by atoms with Gasteiger partial charge in [-0.1, -0.05) is 18.2 Å². The van der Waals surface area contributed by atoms with Crippen LogP contribution in [0.1, 0.15) is 25.7 Å². The first-order valence-corrected chi connectivity index (χ1v) is 7.09. The second kappa shape index (κ2) is 7.53. The molecule has 1 aromatic rings. The minimum absolute atomic E-state index is 0.0588. The van der Waals surface area contributed by atoms with Crippen molar-refractivity contribution < 1.29 is 9.59 Å². The highest BCUT2D eigenvalue weighted by molar-refractivity contribution is 5.80. The maximum absolute atomic E-state index is 11.6. The van der Waals surface area contributed by atoms with Crippen LogP contribution in [0.15, 0.2) is 30.3 Å². The summed E-state index contributed by atoms with van der Waals surface area (Å²) in [6.07, 6.45) is 3.36. The monoisotopic (exact) mass is 275 g/mol. The zero-order chi connectivity index (χ0) is 14.2. The van der Waals surface area contributed by atoms with Crippen LogP contribution in [-0.4, -0.2) is 30.9 Å². The van der Waals surface area contributed by atoms with Gasteiger partial charge in [0.1, 0.15) is 0 Å². The molecule has 3 N–H and O–H groups in total. The molecule has 1 saturated carbocycles. The fraction of sp³-hybridized carbons (Fsp3) is 0.467. The Morgan fingerprint density at radius 3 is 2.55 bits per heavy atom. The zero-order valence-electron chi connectivity index (χ0n) is 11.5. The Kier molecular flexibility index (Phi) is 5.41. The SMILES string of the molecule is O=C(CNc1ccccc1)NCCCC(=O)NC1CC1. The average molecular weight is 275 g/mol. The second-order valence-corrected chi connectivity index (χ2v) is 5.01. The average Bonchev–Trinajstić information content (AvgIpc) is 3.26. The summed E-state index contributed by atoms with van der Waals surface area (Å²) in [4.78, 5) is 23.0. The van der Waals surface area contributed by atoms with Gasteiger partial charge in [0.2, 0.25) is 11.8 Å². The van der Waals surface area contributed by atoms with E-state index in [0.29, 0.717) is 25.4 Å². The van der Waals surface area contributed by atoms with E-state index in [0.717, 1.165) is 18.5 Å². The van der Waals surface area contributed by atoms with Crippen molar-refractivity contribution in [2.45, 2.75) is 31.7 Å². The predicted octanol–water partition coefficient (Wildman–Crippen LogP) is 1.27. The summed E-state index contributed by atoms with van der Waals surface area (Å²) in [7, 11) is 0. The lowest BCUT2D eigenvalue weighted by molar-refractivity contribution is -0.122. The fourth-order valence-corrected chi connectivity index (χ4v) is 1.81. The molecule has 2 rings (SSSR count). The number of benzene rings is 1. The highest BCUT2D eigenvalue weighted by atomic mass is 16.2. The van der Waals surface area contributed by atoms with Crippen LogP contribution in [-0.2, 0) is 9.59 Å². The van der Waals surface area contributed by atoms with Gasteiger partial charge >= 0.3 is 0 Å². The standard InChI is InChI=1S/C15H21N3O2/c19-14(18-13-8-9-13)7-4-10-16-15(20)11-17-12-5-2-1-3-6-12/h1-3,5-6,13,17H,4,7-11H2,(H,16,20)(H,18,19). The van der Waals surface area contributed by atoms with Crippen LogP contribution in [0.2, 0.25) is 0 Å². The Bertz CT molecular complexity index is 444. The highest BCUT2D eigenvalue weighted by Gasteiger charge is 2.22. The molecule has 1 fully saturated rings. The van der Waals surface area contributed by atoms with Crippen LogP contribution >= 0.6 is 0 Å². The van der Waals surface area contributed by atoms with Crippen LogP contribution in [0, 0.1) is 0 Å². The molecule has 0 atom stereocenters. The summed E-state index contributed by atoms with van der Waals surface area (Å²) in [5.41, 5.74) is 0.923. The van der Waals surface area contributed by atoms with Gasteiger partial charge < -0.3 is 16.0 Å². The van der Waals surface area contributed by atoms with Gasteiger partial charge in [0, 0.05) is 24.7 Å². The maximum atomic E-state index is 11.6. The number of carbonyl (C=O) groups excluding carboxylic acids is 2. The Morgan fingerprint density at radius 2 is 1.85 bits per heavy atom. The summed E-state index contributed by atoms with van der Waals surface area (Å²) in [5.74, 6) is 0.0283. The van der Waals surface area contributed by atoms with Gasteiger partial charge in [-0.05, 0) is 31.4 Å². The van der Waals surface area contributed by atoms with E-state index in [2.05, 4.69) is 16.0 Å². The molecule has 0 spiro atoms. The first kappa shape index (κ1) is 14.4. The van der Waals surface area contributed by atoms with Gasteiger partial charge in [0.25, 0.3) is 0 Å². The van der Waals surface area contributed by atoms with Crippen molar-refractivity contribution in [1.29, 1.82) is 0 Å². The van der Waals surface area contributed by atoms with E-state index in [1.807, 2.05) is 30.3 Å². The summed E-state index contributed by atoms with van der Waals surface area (Å²) >= 11 is 0. The smallest absolute Gasteiger partial charge is 0.239 e. The fourth-order valence-electron chi connectivity index (χ4n) is 1.81. The quantitative estimate of drug-likeness (QED) is 0.626. The van der Waals surface area contributed by atoms with Crippen molar-refractivity contribution >= 4 is 17.5 Å². The minimum Gasteiger partial charge on any atom is -0.376 e. The van der Waals surface area contributed by atoms with Gasteiger partial charge in [0.05, 0.1) is 6.54 Å². The van der Waals surface area contributed by atoms with Crippen molar-refractivity contribution in [3.05, 3.63) is 30.3 Å². The molecule has 20 heavy (non-hydrogen) atoms. The van der Waals surface area contributed by atoms with E-state index in [1.165, 1.54) is 0 Å². The van der Waals surface area contributed by atoms with Crippen molar-refractivity contribution in [2.75, 3.05) is 18.4 Å². The van der Waals surface area contributed by atoms with Crippen LogP contribution in [0.25, 0.3) is 0 Å². The third kappa shape index (κ3) is 5.73. The number of para-hydroxylation sites is 1. The van der Waals surface area contributed by atoms with E-state index in [4.69, 9.17) is 0 Å². The lowest BCUT2D eigenvalue weighted by atomic mass is 10.3. The first-order chi connectivity index (χ1) is 9.74. The molecule has 0 heterocycles. The molecule has 1 aliphatic rings. The number of anilines is 1. The molecule has 0 aromatic heterocycles. The first-order valence-electron chi connectivity index (χ1n) is 7.09. The maximum Gasteiger partial charge on any atom is 0.239 e. The van der Waals surface area contributed by atoms with Gasteiger partial charge in [-0.25, -0.2) is 0 Å². The Hall–Kier alpha value is -2.04. The van der Waals surface area contributed by atoms with Crippen molar-refractivity contribution in [3.8, 4) is 0 Å². The molecule has 5 heteroatoms. The lowest BCUT2D eigenvalue weighted by Gasteiger charge is -2.07. The summed E-state index contributed by atoms with van der Waals surface area (Å²) < 4.78 is 0. The molecule has 0 radical (unpaired) electrons. The zero-order valence-corrected chi connectivity index (χ0v) is 11.5. The third-order valence-corrected chi connectivity index (χ3v) is 3.07. The summed E-state index contributed by atoms with van der Waals surface area (Å²) in [6, 6.07) is 9.99. The van der Waals surface area contributed by atoms with Crippen LogP contribution in [0.4, 0.5) is 5.69 Å². The van der Waals surface area contributed by atoms with E-state index in [-0.39, 0.29) is 18.4 Å². The Balaban J connectivity index is 1.50. The van der Waals surface area contributed by atoms with E-state index in [9.17, 15) is 9.59 Å². The molecular formula is C15H21N3O2. The van der Waals surface area contributed by atoms with Crippen molar-refractivity contribution in [2.24, 2.45) is 0 Å². The minimum atomic E-state index is -0.0588. The molecule has 0 unspecified atom stereocenters. The van der Waals surface area contributed by atoms with Crippen molar-refractivity contribution in [3.63, 3.8) is 0 Å². The van der Waals surface area contributed by atoms with Gasteiger partial charge in [-0.2, -0.15) is 0 Å². The van der Waals surface area contributed by atoms with Gasteiger partial charge in [0.15, 0.2) is 0 Å². The molecule has 1 aromatic carbocycles. The number of carbonyl (C=O) groups is 2. The van der Waals surface area contributed by atoms with E-state index in [1.54, 1.807) is 0 Å². The third-order valence-electron chi connectivity index (χ3n) is 3.07.